The smallest absolute Gasteiger partial charge is 0.196 e. The van der Waals surface area contributed by atoms with Crippen molar-refractivity contribution in [3.05, 3.63) is 52.6 Å². The summed E-state index contributed by atoms with van der Waals surface area (Å²) in [5, 5.41) is 3.43. The Balaban J connectivity index is 1.80. The second-order valence-electron chi connectivity index (χ2n) is 8.24. The summed E-state index contributed by atoms with van der Waals surface area (Å²) in [6.45, 7) is 3.61. The van der Waals surface area contributed by atoms with Gasteiger partial charge >= 0.3 is 0 Å². The van der Waals surface area contributed by atoms with Gasteiger partial charge in [-0.15, -0.1) is 0 Å². The topological polar surface area (TPSA) is 79.9 Å². The Bertz CT molecular complexity index is 962. The van der Waals surface area contributed by atoms with Gasteiger partial charge in [-0.25, -0.2) is 0 Å². The summed E-state index contributed by atoms with van der Waals surface area (Å²) >= 11 is 0. The third kappa shape index (κ3) is 3.49. The minimum Gasteiger partial charge on any atom is -0.396 e. The van der Waals surface area contributed by atoms with Gasteiger partial charge in [0.05, 0.1) is 43.1 Å². The van der Waals surface area contributed by atoms with Crippen LogP contribution in [0.15, 0.2) is 30.3 Å². The van der Waals surface area contributed by atoms with Gasteiger partial charge in [-0.05, 0) is 18.9 Å². The number of carbonyl (C=O) groups excluding carboxylic acids is 2. The predicted octanol–water partition coefficient (Wildman–Crippen LogP) is 1.59. The van der Waals surface area contributed by atoms with Crippen LogP contribution in [0.3, 0.4) is 0 Å². The molecule has 2 aromatic rings. The van der Waals surface area contributed by atoms with Gasteiger partial charge < -0.3 is 20.9 Å². The monoisotopic (exact) mass is 393 g/mol. The van der Waals surface area contributed by atoms with E-state index in [0.717, 1.165) is 56.8 Å². The van der Waals surface area contributed by atoms with Gasteiger partial charge in [0.2, 0.25) is 0 Å². The highest BCUT2D eigenvalue weighted by molar-refractivity contribution is 6.32. The number of anilines is 3. The third-order valence-electron chi connectivity index (χ3n) is 5.83. The van der Waals surface area contributed by atoms with Gasteiger partial charge in [-0.2, -0.15) is 0 Å². The van der Waals surface area contributed by atoms with Crippen molar-refractivity contribution in [2.75, 3.05) is 56.2 Å². The molecule has 0 amide bonds. The van der Waals surface area contributed by atoms with Crippen molar-refractivity contribution in [2.45, 2.75) is 19.3 Å². The van der Waals surface area contributed by atoms with E-state index >= 15 is 0 Å². The largest absolute Gasteiger partial charge is 0.396 e. The maximum atomic E-state index is 13.3. The average molecular weight is 394 g/mol. The fraction of sp³-hybridized carbons (Fsp3) is 0.391. The normalized spacial score (nSPS) is 15.6. The Labute approximate surface area is 171 Å². The van der Waals surface area contributed by atoms with E-state index in [1.807, 2.05) is 6.07 Å². The lowest BCUT2D eigenvalue weighted by Gasteiger charge is -2.28. The molecular formula is C23H29N4O2+. The van der Waals surface area contributed by atoms with Crippen LogP contribution in [0, 0.1) is 0 Å². The van der Waals surface area contributed by atoms with Crippen molar-refractivity contribution in [3.8, 4) is 0 Å². The fourth-order valence-electron chi connectivity index (χ4n) is 4.33. The van der Waals surface area contributed by atoms with Gasteiger partial charge in [0.25, 0.3) is 0 Å². The van der Waals surface area contributed by atoms with E-state index < -0.39 is 0 Å². The Morgan fingerprint density at radius 2 is 1.66 bits per heavy atom. The number of nitrogens with two attached hydrogens (primary N) is 1. The highest BCUT2D eigenvalue weighted by atomic mass is 16.1. The van der Waals surface area contributed by atoms with Gasteiger partial charge in [-0.1, -0.05) is 24.3 Å². The van der Waals surface area contributed by atoms with Crippen LogP contribution < -0.4 is 20.9 Å². The Morgan fingerprint density at radius 1 is 1.03 bits per heavy atom. The first-order valence-corrected chi connectivity index (χ1v) is 10.4. The van der Waals surface area contributed by atoms with E-state index in [9.17, 15) is 9.59 Å². The van der Waals surface area contributed by atoms with E-state index in [-0.39, 0.29) is 11.6 Å². The van der Waals surface area contributed by atoms with Crippen molar-refractivity contribution in [1.29, 1.82) is 0 Å². The Morgan fingerprint density at radius 3 is 2.28 bits per heavy atom. The maximum absolute atomic E-state index is 13.3. The van der Waals surface area contributed by atoms with Crippen LogP contribution in [0.4, 0.5) is 17.1 Å². The summed E-state index contributed by atoms with van der Waals surface area (Å²) in [4.78, 5) is 30.3. The third-order valence-corrected chi connectivity index (χ3v) is 5.83. The second kappa shape index (κ2) is 7.87. The highest BCUT2D eigenvalue weighted by Gasteiger charge is 2.35. The first kappa shape index (κ1) is 19.5. The van der Waals surface area contributed by atoms with Crippen molar-refractivity contribution in [3.63, 3.8) is 0 Å². The number of hydrogen-bond acceptors (Lipinski definition) is 5. The predicted molar refractivity (Wildman–Crippen MR) is 116 cm³/mol. The van der Waals surface area contributed by atoms with Gasteiger partial charge in [0, 0.05) is 42.9 Å². The number of nitrogens with zero attached hydrogens (tertiary/aromatic N) is 1. The SMILES string of the molecule is C[NH+](C)CCCNc1cc(N2CCCC2)c(N)c2c1C(=O)c1ccccc1C2=O. The molecule has 1 aliphatic heterocycles. The lowest BCUT2D eigenvalue weighted by Crippen LogP contribution is -3.05. The number of benzene rings is 2. The summed E-state index contributed by atoms with van der Waals surface area (Å²) < 4.78 is 0. The Kier molecular flexibility index (Phi) is 5.28. The van der Waals surface area contributed by atoms with E-state index in [0.29, 0.717) is 27.9 Å². The molecule has 29 heavy (non-hydrogen) atoms. The van der Waals surface area contributed by atoms with Crippen molar-refractivity contribution >= 4 is 28.6 Å². The molecule has 0 unspecified atom stereocenters. The molecule has 6 heteroatoms. The molecule has 2 aromatic carbocycles. The van der Waals surface area contributed by atoms with Crippen LogP contribution in [-0.2, 0) is 0 Å². The summed E-state index contributed by atoms with van der Waals surface area (Å²) in [6.07, 6.45) is 3.19. The molecule has 0 atom stereocenters. The molecule has 0 radical (unpaired) electrons. The molecule has 6 nitrogen and oxygen atoms in total. The molecule has 4 rings (SSSR count). The van der Waals surface area contributed by atoms with Crippen molar-refractivity contribution in [2.24, 2.45) is 0 Å². The molecule has 0 aromatic heterocycles. The quantitative estimate of drug-likeness (QED) is 0.438. The number of nitrogen functional groups attached to an aromatic ring is 1. The molecule has 0 saturated carbocycles. The summed E-state index contributed by atoms with van der Waals surface area (Å²) in [6, 6.07) is 9.00. The van der Waals surface area contributed by atoms with E-state index in [1.54, 1.807) is 24.3 Å². The summed E-state index contributed by atoms with van der Waals surface area (Å²) in [5.41, 5.74) is 10.2. The average Bonchev–Trinajstić information content (AvgIpc) is 3.24. The first-order valence-electron chi connectivity index (χ1n) is 10.4. The zero-order chi connectivity index (χ0) is 20.5. The Hall–Kier alpha value is -2.86. The van der Waals surface area contributed by atoms with Gasteiger partial charge in [0.1, 0.15) is 0 Å². The molecule has 1 saturated heterocycles. The lowest BCUT2D eigenvalue weighted by molar-refractivity contribution is -0.858. The molecule has 0 spiro atoms. The number of ketones is 2. The molecule has 1 aliphatic carbocycles. The molecule has 152 valence electrons. The van der Waals surface area contributed by atoms with Crippen LogP contribution in [0.25, 0.3) is 0 Å². The minimum absolute atomic E-state index is 0.129. The van der Waals surface area contributed by atoms with Crippen LogP contribution in [0.2, 0.25) is 0 Å². The van der Waals surface area contributed by atoms with Gasteiger partial charge in [0.15, 0.2) is 11.6 Å². The van der Waals surface area contributed by atoms with E-state index in [1.165, 1.54) is 4.90 Å². The first-order chi connectivity index (χ1) is 14.0. The van der Waals surface area contributed by atoms with Crippen LogP contribution in [0.1, 0.15) is 51.1 Å². The maximum Gasteiger partial charge on any atom is 0.196 e. The minimum atomic E-state index is -0.158. The molecule has 0 bridgehead atoms. The second-order valence-corrected chi connectivity index (χ2v) is 8.24. The van der Waals surface area contributed by atoms with Crippen LogP contribution in [0.5, 0.6) is 0 Å². The van der Waals surface area contributed by atoms with Gasteiger partial charge in [-0.3, -0.25) is 9.59 Å². The fourth-order valence-corrected chi connectivity index (χ4v) is 4.33. The number of carbonyl (C=O) groups is 2. The molecule has 1 heterocycles. The number of fused-ring (bicyclic) bond motifs is 2. The zero-order valence-corrected chi connectivity index (χ0v) is 17.2. The molecule has 4 N–H and O–H groups in total. The zero-order valence-electron chi connectivity index (χ0n) is 17.2. The molecule has 2 aliphatic rings. The standard InChI is InChI=1S/C23H28N4O2/c1-26(2)11-7-10-25-17-14-18(27-12-5-6-13-27)21(24)20-19(17)22(28)15-8-3-4-9-16(15)23(20)29/h3-4,8-9,14,25H,5-7,10-13,24H2,1-2H3/p+1. The van der Waals surface area contributed by atoms with Crippen molar-refractivity contribution < 1.29 is 14.5 Å². The number of hydrogen-bond donors (Lipinski definition) is 3. The van der Waals surface area contributed by atoms with Crippen LogP contribution in [-0.4, -0.2) is 51.8 Å². The highest BCUT2D eigenvalue weighted by Crippen LogP contribution is 2.41. The number of rotatable bonds is 6. The summed E-state index contributed by atoms with van der Waals surface area (Å²) in [7, 11) is 4.24. The number of nitrogens with one attached hydrogen (secondary N) is 2. The molecular weight excluding hydrogens is 364 g/mol. The lowest BCUT2D eigenvalue weighted by atomic mass is 9.81. The number of quaternary nitrogens is 1. The van der Waals surface area contributed by atoms with E-state index in [4.69, 9.17) is 5.73 Å². The van der Waals surface area contributed by atoms with Crippen LogP contribution >= 0.6 is 0 Å². The van der Waals surface area contributed by atoms with E-state index in [2.05, 4.69) is 24.3 Å². The van der Waals surface area contributed by atoms with Crippen molar-refractivity contribution in [1.82, 2.24) is 0 Å². The summed E-state index contributed by atoms with van der Waals surface area (Å²) in [5.74, 6) is -0.287. The molecule has 1 fully saturated rings.